The van der Waals surface area contributed by atoms with Gasteiger partial charge in [-0.25, -0.2) is 4.72 Å². The zero-order valence-corrected chi connectivity index (χ0v) is 4.57. The standard InChI is InChI=1S/C3H2N2O2S/c6-5(7)3-1-2-4-8-3/h1,4H. The Labute approximate surface area is 50.2 Å². The van der Waals surface area contributed by atoms with Crippen molar-refractivity contribution in [2.45, 2.75) is 0 Å². The first-order chi connectivity index (χ1) is 3.80. The fourth-order valence-corrected chi connectivity index (χ4v) is 0.707. The molecule has 0 aromatic carbocycles. The van der Waals surface area contributed by atoms with E-state index in [1.54, 1.807) is 0 Å². The normalized spacial score (nSPS) is 18.2. The van der Waals surface area contributed by atoms with Crippen LogP contribution in [0.5, 0.6) is 0 Å². The van der Waals surface area contributed by atoms with Gasteiger partial charge in [0.1, 0.15) is 6.54 Å². The van der Waals surface area contributed by atoms with Gasteiger partial charge < -0.3 is 0 Å². The summed E-state index contributed by atoms with van der Waals surface area (Å²) in [4.78, 5) is 9.38. The minimum absolute atomic E-state index is 0.0880. The van der Waals surface area contributed by atoms with Crippen LogP contribution in [0.1, 0.15) is 0 Å². The van der Waals surface area contributed by atoms with Crippen LogP contribution in [0.25, 0.3) is 0 Å². The van der Waals surface area contributed by atoms with Crippen LogP contribution in [0.15, 0.2) is 11.1 Å². The van der Waals surface area contributed by atoms with Gasteiger partial charge in [-0.05, 0) is 0 Å². The van der Waals surface area contributed by atoms with Crippen molar-refractivity contribution in [3.05, 3.63) is 27.8 Å². The summed E-state index contributed by atoms with van der Waals surface area (Å²) in [6.45, 7) is 2.46. The Morgan fingerprint density at radius 1 is 2.00 bits per heavy atom. The minimum Gasteiger partial charge on any atom is -0.258 e. The second-order valence-electron chi connectivity index (χ2n) is 1.09. The number of nitro groups is 1. The Morgan fingerprint density at radius 2 is 2.75 bits per heavy atom. The van der Waals surface area contributed by atoms with E-state index >= 15 is 0 Å². The third kappa shape index (κ3) is 0.988. The van der Waals surface area contributed by atoms with Crippen LogP contribution in [0.4, 0.5) is 0 Å². The van der Waals surface area contributed by atoms with E-state index in [2.05, 4.69) is 11.3 Å². The highest BCUT2D eigenvalue weighted by Crippen LogP contribution is 2.17. The summed E-state index contributed by atoms with van der Waals surface area (Å²) in [5.41, 5.74) is 0. The molecule has 0 amide bonds. The summed E-state index contributed by atoms with van der Waals surface area (Å²) >= 11 is 0.951. The van der Waals surface area contributed by atoms with Gasteiger partial charge in [0.2, 0.25) is 0 Å². The molecular formula is C3H2N2O2S. The summed E-state index contributed by atoms with van der Waals surface area (Å²) in [6.07, 6.45) is 1.30. The average molecular weight is 130 g/mol. The molecule has 0 bridgehead atoms. The van der Waals surface area contributed by atoms with Gasteiger partial charge in [0.05, 0.1) is 4.92 Å². The first kappa shape index (κ1) is 5.58. The number of hydrogen-bond donors (Lipinski definition) is 1. The van der Waals surface area contributed by atoms with Gasteiger partial charge in [-0.15, -0.1) is 0 Å². The summed E-state index contributed by atoms with van der Waals surface area (Å²) in [5.74, 6) is 0. The maximum absolute atomic E-state index is 9.84. The number of nitrogens with zero attached hydrogens (tertiary/aromatic N) is 1. The van der Waals surface area contributed by atoms with Crippen LogP contribution in [-0.4, -0.2) is 4.92 Å². The predicted molar refractivity (Wildman–Crippen MR) is 29.0 cm³/mol. The van der Waals surface area contributed by atoms with E-state index in [9.17, 15) is 10.1 Å². The number of hydrogen-bond acceptors (Lipinski definition) is 4. The molecule has 42 valence electrons. The lowest BCUT2D eigenvalue weighted by Gasteiger charge is -1.84. The molecule has 1 rings (SSSR count). The Hall–Kier alpha value is -0.550. The molecule has 0 saturated heterocycles. The Bertz CT molecular complexity index is 144. The second-order valence-corrected chi connectivity index (χ2v) is 1.91. The molecule has 1 aliphatic heterocycles. The maximum atomic E-state index is 9.84. The lowest BCUT2D eigenvalue weighted by molar-refractivity contribution is -0.410. The molecule has 0 saturated carbocycles. The van der Waals surface area contributed by atoms with Crippen LogP contribution < -0.4 is 4.72 Å². The fraction of sp³-hybridized carbons (Fsp3) is 0. The molecule has 0 unspecified atom stereocenters. The van der Waals surface area contributed by atoms with Gasteiger partial charge in [0.25, 0.3) is 0 Å². The van der Waals surface area contributed by atoms with Crippen molar-refractivity contribution in [1.29, 1.82) is 0 Å². The van der Waals surface area contributed by atoms with E-state index in [1.165, 1.54) is 6.08 Å². The van der Waals surface area contributed by atoms with Crippen molar-refractivity contribution in [1.82, 2.24) is 4.72 Å². The fourth-order valence-electron chi connectivity index (χ4n) is 0.292. The first-order valence-electron chi connectivity index (χ1n) is 1.82. The summed E-state index contributed by atoms with van der Waals surface area (Å²) in [6, 6.07) is 0. The predicted octanol–water partition coefficient (Wildman–Crippen LogP) is 0.395. The topological polar surface area (TPSA) is 55.2 Å². The van der Waals surface area contributed by atoms with Gasteiger partial charge in [0.15, 0.2) is 0 Å². The van der Waals surface area contributed by atoms with Crippen molar-refractivity contribution >= 4 is 11.9 Å². The molecule has 0 fully saturated rings. The molecule has 8 heavy (non-hydrogen) atoms. The molecule has 1 heterocycles. The van der Waals surface area contributed by atoms with E-state index in [-0.39, 0.29) is 5.03 Å². The van der Waals surface area contributed by atoms with Crippen LogP contribution in [0.2, 0.25) is 0 Å². The van der Waals surface area contributed by atoms with Gasteiger partial charge in [0, 0.05) is 18.0 Å². The molecule has 1 N–H and O–H groups in total. The number of nitrogens with one attached hydrogen (secondary N) is 1. The van der Waals surface area contributed by atoms with Crippen molar-refractivity contribution in [3.8, 4) is 0 Å². The number of rotatable bonds is 1. The zero-order chi connectivity index (χ0) is 5.98. The quantitative estimate of drug-likeness (QED) is 0.317. The molecule has 0 aromatic rings. The lowest BCUT2D eigenvalue weighted by atomic mass is 10.6. The Balaban J connectivity index is 2.57. The van der Waals surface area contributed by atoms with E-state index in [1.807, 2.05) is 0 Å². The molecule has 1 aliphatic rings. The van der Waals surface area contributed by atoms with Gasteiger partial charge in [-0.2, -0.15) is 0 Å². The van der Waals surface area contributed by atoms with Crippen molar-refractivity contribution < 1.29 is 4.92 Å². The first-order valence-corrected chi connectivity index (χ1v) is 2.64. The van der Waals surface area contributed by atoms with Gasteiger partial charge in [-0.3, -0.25) is 10.1 Å². The average Bonchev–Trinajstić information content (AvgIpc) is 2.12. The van der Waals surface area contributed by atoms with Crippen molar-refractivity contribution in [2.24, 2.45) is 0 Å². The second kappa shape index (κ2) is 2.15. The SMILES string of the molecule is O=[N+]([O-])C1=C[C]NS1. The molecule has 5 heteroatoms. The van der Waals surface area contributed by atoms with E-state index in [0.717, 1.165) is 11.9 Å². The molecular weight excluding hydrogens is 128 g/mol. The monoisotopic (exact) mass is 130 g/mol. The van der Waals surface area contributed by atoms with Crippen LogP contribution >= 0.6 is 11.9 Å². The maximum Gasteiger partial charge on any atom is 0.316 e. The molecule has 0 aromatic heterocycles. The van der Waals surface area contributed by atoms with Crippen molar-refractivity contribution in [2.75, 3.05) is 0 Å². The largest absolute Gasteiger partial charge is 0.316 e. The highest BCUT2D eigenvalue weighted by atomic mass is 32.2. The van der Waals surface area contributed by atoms with E-state index in [0.29, 0.717) is 0 Å². The third-order valence-corrected chi connectivity index (χ3v) is 1.29. The smallest absolute Gasteiger partial charge is 0.258 e. The van der Waals surface area contributed by atoms with Crippen LogP contribution in [0, 0.1) is 16.7 Å². The van der Waals surface area contributed by atoms with Gasteiger partial charge >= 0.3 is 5.03 Å². The van der Waals surface area contributed by atoms with Crippen LogP contribution in [-0.2, 0) is 0 Å². The molecule has 0 spiro atoms. The van der Waals surface area contributed by atoms with Gasteiger partial charge in [-0.1, -0.05) is 0 Å². The molecule has 2 radical (unpaired) electrons. The minimum atomic E-state index is -0.461. The van der Waals surface area contributed by atoms with E-state index < -0.39 is 4.92 Å². The highest BCUT2D eigenvalue weighted by Gasteiger charge is 2.15. The summed E-state index contributed by atoms with van der Waals surface area (Å²) in [7, 11) is 0. The highest BCUT2D eigenvalue weighted by molar-refractivity contribution is 8.01. The van der Waals surface area contributed by atoms with E-state index in [4.69, 9.17) is 0 Å². The molecule has 0 aliphatic carbocycles. The van der Waals surface area contributed by atoms with Crippen LogP contribution in [0.3, 0.4) is 0 Å². The molecule has 0 atom stereocenters. The molecule has 4 nitrogen and oxygen atoms in total. The summed E-state index contributed by atoms with van der Waals surface area (Å²) < 4.78 is 2.49. The third-order valence-electron chi connectivity index (χ3n) is 0.590. The van der Waals surface area contributed by atoms with Crippen molar-refractivity contribution in [3.63, 3.8) is 0 Å². The summed E-state index contributed by atoms with van der Waals surface area (Å²) in [5, 5.41) is 9.93. The zero-order valence-electron chi connectivity index (χ0n) is 3.75. The lowest BCUT2D eigenvalue weighted by Crippen LogP contribution is -1.93. The Morgan fingerprint density at radius 3 is 3.00 bits per heavy atom. The Kier molecular flexibility index (Phi) is 1.50.